The van der Waals surface area contributed by atoms with Crippen LogP contribution in [0.1, 0.15) is 329 Å². The van der Waals surface area contributed by atoms with E-state index in [0.29, 0.717) is 23.9 Å². The van der Waals surface area contributed by atoms with Gasteiger partial charge in [-0.25, -0.2) is 4.57 Å². The number of allylic oxidation sites excluding steroid dienone is 3. The number of carbonyl (C=O) groups is 2. The van der Waals surface area contributed by atoms with Crippen LogP contribution < -0.4 is 5.32 Å². The van der Waals surface area contributed by atoms with E-state index in [9.17, 15) is 19.0 Å². The Hall–Kier alpha value is -1.51. The highest BCUT2D eigenvalue weighted by molar-refractivity contribution is 7.47. The first-order valence-corrected chi connectivity index (χ1v) is 34.2. The van der Waals surface area contributed by atoms with Crippen molar-refractivity contribution in [3.05, 3.63) is 24.3 Å². The molecule has 9 nitrogen and oxygen atoms in total. The lowest BCUT2D eigenvalue weighted by molar-refractivity contribution is -0.870. The minimum atomic E-state index is -4.44. The lowest BCUT2D eigenvalue weighted by atomic mass is 10.0. The van der Waals surface area contributed by atoms with Crippen LogP contribution in [0.4, 0.5) is 0 Å². The van der Waals surface area contributed by atoms with Gasteiger partial charge in [-0.15, -0.1) is 0 Å². The van der Waals surface area contributed by atoms with Crippen LogP contribution in [0.15, 0.2) is 24.3 Å². The first kappa shape index (κ1) is 73.5. The molecule has 3 unspecified atom stereocenters. The molecule has 0 bridgehead atoms. The molecule has 2 N–H and O–H groups in total. The van der Waals surface area contributed by atoms with Gasteiger partial charge in [-0.1, -0.05) is 283 Å². The van der Waals surface area contributed by atoms with E-state index < -0.39 is 20.0 Å². The number of amides is 1. The van der Waals surface area contributed by atoms with Gasteiger partial charge in [-0.3, -0.25) is 18.6 Å². The highest BCUT2D eigenvalue weighted by atomic mass is 31.2. The Kier molecular flexibility index (Phi) is 54.7. The van der Waals surface area contributed by atoms with Gasteiger partial charge in [0.05, 0.1) is 33.8 Å². The van der Waals surface area contributed by atoms with Gasteiger partial charge in [-0.05, 0) is 57.4 Å². The van der Waals surface area contributed by atoms with Gasteiger partial charge in [0.2, 0.25) is 5.91 Å². The number of nitrogens with one attached hydrogen (secondary N) is 1. The summed E-state index contributed by atoms with van der Waals surface area (Å²) < 4.78 is 30.7. The maximum atomic E-state index is 13.5. The molecule has 0 aliphatic heterocycles. The third kappa shape index (κ3) is 57.0. The number of ether oxygens (including phenoxy) is 1. The molecular weight excluding hydrogens is 952 g/mol. The quantitative estimate of drug-likeness (QED) is 0.0205. The smallest absolute Gasteiger partial charge is 0.456 e. The molecule has 3 atom stereocenters. The molecule has 0 aromatic rings. The van der Waals surface area contributed by atoms with E-state index in [2.05, 4.69) is 38.2 Å². The van der Waals surface area contributed by atoms with Crippen LogP contribution in [0.2, 0.25) is 0 Å². The second-order valence-corrected chi connectivity index (χ2v) is 25.1. The number of unbranched alkanes of at least 4 members (excludes halogenated alkanes) is 42. The van der Waals surface area contributed by atoms with Crippen LogP contribution in [-0.4, -0.2) is 74.3 Å². The Balaban J connectivity index is 5.00. The first-order chi connectivity index (χ1) is 36.4. The van der Waals surface area contributed by atoms with E-state index in [4.69, 9.17) is 13.8 Å². The number of quaternary nitrogens is 1. The van der Waals surface area contributed by atoms with Crippen molar-refractivity contribution in [1.29, 1.82) is 0 Å². The Labute approximate surface area is 466 Å². The lowest BCUT2D eigenvalue weighted by Crippen LogP contribution is -2.47. The van der Waals surface area contributed by atoms with Crippen molar-refractivity contribution >= 4 is 19.7 Å². The number of esters is 1. The van der Waals surface area contributed by atoms with Crippen LogP contribution in [0.5, 0.6) is 0 Å². The molecule has 0 spiro atoms. The third-order valence-electron chi connectivity index (χ3n) is 14.9. The predicted octanol–water partition coefficient (Wildman–Crippen LogP) is 20.1. The molecule has 0 rings (SSSR count). The van der Waals surface area contributed by atoms with Crippen molar-refractivity contribution in [1.82, 2.24) is 5.32 Å². The maximum absolute atomic E-state index is 13.5. The zero-order chi connectivity index (χ0) is 55.0. The van der Waals surface area contributed by atoms with Crippen molar-refractivity contribution in [2.24, 2.45) is 0 Å². The summed E-state index contributed by atoms with van der Waals surface area (Å²) in [4.78, 5) is 37.7. The number of carbonyl (C=O) groups excluding carboxylic acids is 2. The van der Waals surface area contributed by atoms with Crippen molar-refractivity contribution in [2.75, 3.05) is 40.9 Å². The largest absolute Gasteiger partial charge is 0.472 e. The second kappa shape index (κ2) is 55.8. The average molecular weight is 1080 g/mol. The summed E-state index contributed by atoms with van der Waals surface area (Å²) in [5.74, 6) is -0.488. The molecule has 0 heterocycles. The van der Waals surface area contributed by atoms with E-state index in [1.807, 2.05) is 33.3 Å². The van der Waals surface area contributed by atoms with Gasteiger partial charge in [0.25, 0.3) is 0 Å². The van der Waals surface area contributed by atoms with E-state index in [-0.39, 0.29) is 25.1 Å². The van der Waals surface area contributed by atoms with Crippen LogP contribution >= 0.6 is 7.82 Å². The number of hydrogen-bond donors (Lipinski definition) is 2. The molecular formula is C65H128N2O7P+. The van der Waals surface area contributed by atoms with Gasteiger partial charge in [0, 0.05) is 12.8 Å². The molecule has 0 aromatic carbocycles. The summed E-state index contributed by atoms with van der Waals surface area (Å²) in [7, 11) is 1.51. The van der Waals surface area contributed by atoms with Crippen molar-refractivity contribution in [3.8, 4) is 0 Å². The lowest BCUT2D eigenvalue weighted by Gasteiger charge is -2.27. The molecule has 10 heteroatoms. The summed E-state index contributed by atoms with van der Waals surface area (Å²) in [6.07, 6.45) is 66.1. The van der Waals surface area contributed by atoms with Crippen LogP contribution in [0.25, 0.3) is 0 Å². The summed E-state index contributed by atoms with van der Waals surface area (Å²) >= 11 is 0. The fraction of sp³-hybridized carbons (Fsp3) is 0.908. The van der Waals surface area contributed by atoms with Gasteiger partial charge in [0.1, 0.15) is 19.3 Å². The number of hydrogen-bond acceptors (Lipinski definition) is 6. The van der Waals surface area contributed by atoms with Crippen LogP contribution in [0, 0.1) is 0 Å². The Morgan fingerprint density at radius 1 is 0.453 bits per heavy atom. The fourth-order valence-corrected chi connectivity index (χ4v) is 10.6. The van der Waals surface area contributed by atoms with Gasteiger partial charge in [0.15, 0.2) is 0 Å². The summed E-state index contributed by atoms with van der Waals surface area (Å²) in [5.41, 5.74) is 0. The topological polar surface area (TPSA) is 111 Å². The van der Waals surface area contributed by atoms with Gasteiger partial charge < -0.3 is 19.4 Å². The number of phosphoric ester groups is 1. The van der Waals surface area contributed by atoms with E-state index in [0.717, 1.165) is 57.8 Å². The third-order valence-corrected chi connectivity index (χ3v) is 15.9. The molecule has 0 aliphatic carbocycles. The minimum absolute atomic E-state index is 0.0443. The van der Waals surface area contributed by atoms with E-state index in [1.165, 1.54) is 238 Å². The molecule has 444 valence electrons. The maximum Gasteiger partial charge on any atom is 0.472 e. The molecule has 0 fully saturated rings. The number of nitrogens with zero attached hydrogens (tertiary/aromatic N) is 1. The van der Waals surface area contributed by atoms with Crippen LogP contribution in [-0.2, 0) is 27.9 Å². The molecule has 0 saturated carbocycles. The SMILES string of the molecule is CCCCCCCC/C=C/CCCCCCCCCCCCCCCCCC(=O)OC(/C=C\CCCCCCCCCCC)C(COP(=O)(O)OCC[N+](C)(C)C)NC(=O)CCCCCCCCCCCCCCC. The molecule has 75 heavy (non-hydrogen) atoms. The first-order valence-electron chi connectivity index (χ1n) is 32.7. The summed E-state index contributed by atoms with van der Waals surface area (Å²) in [5, 5.41) is 3.06. The second-order valence-electron chi connectivity index (χ2n) is 23.6. The number of phosphoric acid groups is 1. The number of likely N-dealkylation sites (N-methyl/N-ethyl adjacent to an activating group) is 1. The predicted molar refractivity (Wildman–Crippen MR) is 323 cm³/mol. The number of rotatable bonds is 60. The minimum Gasteiger partial charge on any atom is -0.456 e. The molecule has 1 amide bonds. The Morgan fingerprint density at radius 3 is 1.13 bits per heavy atom. The average Bonchev–Trinajstić information content (AvgIpc) is 3.37. The van der Waals surface area contributed by atoms with Gasteiger partial charge >= 0.3 is 13.8 Å². The van der Waals surface area contributed by atoms with E-state index in [1.54, 1.807) is 0 Å². The zero-order valence-electron chi connectivity index (χ0n) is 50.8. The zero-order valence-corrected chi connectivity index (χ0v) is 51.7. The molecule has 0 aromatic heterocycles. The van der Waals surface area contributed by atoms with E-state index >= 15 is 0 Å². The normalized spacial score (nSPS) is 13.7. The van der Waals surface area contributed by atoms with Crippen molar-refractivity contribution in [2.45, 2.75) is 341 Å². The molecule has 0 aliphatic rings. The Morgan fingerprint density at radius 2 is 0.773 bits per heavy atom. The van der Waals surface area contributed by atoms with Gasteiger partial charge in [-0.2, -0.15) is 0 Å². The summed E-state index contributed by atoms with van der Waals surface area (Å²) in [6.45, 7) is 7.05. The highest BCUT2D eigenvalue weighted by Gasteiger charge is 2.30. The summed E-state index contributed by atoms with van der Waals surface area (Å²) in [6, 6.07) is -0.841. The van der Waals surface area contributed by atoms with Crippen molar-refractivity contribution < 1.29 is 37.3 Å². The standard InChI is InChI=1S/C65H127N2O7P/c1-7-10-13-16-19-22-25-27-28-29-30-31-32-33-34-35-36-37-38-40-43-46-49-52-55-58-65(69)74-63(56-53-50-47-44-41-24-21-18-15-12-9-3)62(61-73-75(70,71)72-60-59-67(4,5)6)66-64(68)57-54-51-48-45-42-39-26-23-20-17-14-11-8-2/h27-28,53,56,62-63H,7-26,29-52,54-55,57-61H2,1-6H3,(H-,66,68,70,71)/p+1/b28-27+,56-53-. The fourth-order valence-electron chi connectivity index (χ4n) is 9.82. The molecule has 0 radical (unpaired) electrons. The van der Waals surface area contributed by atoms with Crippen molar-refractivity contribution in [3.63, 3.8) is 0 Å². The van der Waals surface area contributed by atoms with Crippen LogP contribution in [0.3, 0.4) is 0 Å². The highest BCUT2D eigenvalue weighted by Crippen LogP contribution is 2.43. The monoisotopic (exact) mass is 1080 g/mol. The Bertz CT molecular complexity index is 1340. The molecule has 0 saturated heterocycles.